The molecule has 1 atom stereocenters. The minimum Gasteiger partial charge on any atom is -0.496 e. The van der Waals surface area contributed by atoms with Gasteiger partial charge in [0.1, 0.15) is 11.8 Å². The zero-order valence-corrected chi connectivity index (χ0v) is 15.0. The van der Waals surface area contributed by atoms with E-state index >= 15 is 0 Å². The Kier molecular flexibility index (Phi) is 6.17. The van der Waals surface area contributed by atoms with Crippen LogP contribution >= 0.6 is 0 Å². The predicted octanol–water partition coefficient (Wildman–Crippen LogP) is 3.40. The number of nitrogens with one attached hydrogen (secondary N) is 2. The molecule has 2 aromatic carbocycles. The molecule has 5 nitrogen and oxygen atoms in total. The fourth-order valence-electron chi connectivity index (χ4n) is 2.51. The van der Waals surface area contributed by atoms with Gasteiger partial charge < -0.3 is 15.4 Å². The van der Waals surface area contributed by atoms with Gasteiger partial charge in [-0.2, -0.15) is 0 Å². The maximum atomic E-state index is 12.7. The molecule has 132 valence electrons. The summed E-state index contributed by atoms with van der Waals surface area (Å²) in [7, 11) is 1.51. The summed E-state index contributed by atoms with van der Waals surface area (Å²) in [4.78, 5) is 25.3. The van der Waals surface area contributed by atoms with Gasteiger partial charge in [-0.15, -0.1) is 0 Å². The quantitative estimate of drug-likeness (QED) is 0.847. The molecule has 0 aromatic heterocycles. The second-order valence-electron chi connectivity index (χ2n) is 6.20. The minimum absolute atomic E-state index is 0.0670. The maximum Gasteiger partial charge on any atom is 0.255 e. The Morgan fingerprint density at radius 2 is 1.64 bits per heavy atom. The lowest BCUT2D eigenvalue weighted by Crippen LogP contribution is -2.47. The van der Waals surface area contributed by atoms with E-state index in [4.69, 9.17) is 4.74 Å². The molecular formula is C20H24N2O3. The molecule has 0 aliphatic rings. The summed E-state index contributed by atoms with van der Waals surface area (Å²) in [6.07, 6.45) is 0. The Morgan fingerprint density at radius 1 is 1.00 bits per heavy atom. The SMILES string of the molecule is COc1ccccc1C(=O)NC(C(=O)Nc1ccccc1C)C(C)C. The molecule has 0 radical (unpaired) electrons. The number of methoxy groups -OCH3 is 1. The first-order valence-corrected chi connectivity index (χ1v) is 8.24. The van der Waals surface area contributed by atoms with Crippen molar-refractivity contribution >= 4 is 17.5 Å². The molecule has 2 aromatic rings. The number of anilines is 1. The van der Waals surface area contributed by atoms with Crippen molar-refractivity contribution in [2.75, 3.05) is 12.4 Å². The molecule has 0 aliphatic carbocycles. The second kappa shape index (κ2) is 8.33. The number of hydrogen-bond acceptors (Lipinski definition) is 3. The van der Waals surface area contributed by atoms with Crippen molar-refractivity contribution in [1.82, 2.24) is 5.32 Å². The van der Waals surface area contributed by atoms with Gasteiger partial charge in [-0.1, -0.05) is 44.2 Å². The molecule has 2 N–H and O–H groups in total. The van der Waals surface area contributed by atoms with Gasteiger partial charge in [0.15, 0.2) is 0 Å². The number of carbonyl (C=O) groups excluding carboxylic acids is 2. The first kappa shape index (κ1) is 18.5. The Morgan fingerprint density at radius 3 is 2.28 bits per heavy atom. The van der Waals surface area contributed by atoms with Crippen molar-refractivity contribution in [1.29, 1.82) is 0 Å². The fourth-order valence-corrected chi connectivity index (χ4v) is 2.51. The van der Waals surface area contributed by atoms with Gasteiger partial charge in [0.2, 0.25) is 5.91 Å². The molecule has 5 heteroatoms. The molecule has 2 rings (SSSR count). The maximum absolute atomic E-state index is 12.7. The molecule has 0 heterocycles. The van der Waals surface area contributed by atoms with E-state index in [9.17, 15) is 9.59 Å². The summed E-state index contributed by atoms with van der Waals surface area (Å²) < 4.78 is 5.22. The number of aryl methyl sites for hydroxylation is 1. The highest BCUT2D eigenvalue weighted by molar-refractivity contribution is 6.02. The van der Waals surface area contributed by atoms with Crippen LogP contribution in [0.2, 0.25) is 0 Å². The van der Waals surface area contributed by atoms with E-state index in [1.807, 2.05) is 45.0 Å². The summed E-state index contributed by atoms with van der Waals surface area (Å²) in [6, 6.07) is 13.8. The van der Waals surface area contributed by atoms with Gasteiger partial charge in [0.05, 0.1) is 12.7 Å². The first-order chi connectivity index (χ1) is 11.9. The number of hydrogen-bond donors (Lipinski definition) is 2. The summed E-state index contributed by atoms with van der Waals surface area (Å²) in [6.45, 7) is 5.71. The van der Waals surface area contributed by atoms with Crippen LogP contribution in [0.4, 0.5) is 5.69 Å². The number of rotatable bonds is 6. The van der Waals surface area contributed by atoms with Crippen molar-refractivity contribution in [2.24, 2.45) is 5.92 Å². The largest absolute Gasteiger partial charge is 0.496 e. The van der Waals surface area contributed by atoms with Gasteiger partial charge in [-0.05, 0) is 36.6 Å². The second-order valence-corrected chi connectivity index (χ2v) is 6.20. The normalized spacial score (nSPS) is 11.7. The van der Waals surface area contributed by atoms with E-state index in [0.717, 1.165) is 11.3 Å². The summed E-state index contributed by atoms with van der Waals surface area (Å²) >= 11 is 0. The Balaban J connectivity index is 2.16. The van der Waals surface area contributed by atoms with E-state index in [-0.39, 0.29) is 17.7 Å². The lowest BCUT2D eigenvalue weighted by molar-refractivity contribution is -0.118. The average Bonchev–Trinajstić information content (AvgIpc) is 2.60. The van der Waals surface area contributed by atoms with Crippen molar-refractivity contribution in [3.05, 3.63) is 59.7 Å². The van der Waals surface area contributed by atoms with Gasteiger partial charge >= 0.3 is 0 Å². The molecule has 25 heavy (non-hydrogen) atoms. The molecule has 0 saturated carbocycles. The van der Waals surface area contributed by atoms with Crippen LogP contribution in [0.3, 0.4) is 0 Å². The minimum atomic E-state index is -0.656. The van der Waals surface area contributed by atoms with Gasteiger partial charge in [-0.25, -0.2) is 0 Å². The van der Waals surface area contributed by atoms with E-state index < -0.39 is 6.04 Å². The highest BCUT2D eigenvalue weighted by Gasteiger charge is 2.26. The zero-order valence-electron chi connectivity index (χ0n) is 15.0. The zero-order chi connectivity index (χ0) is 18.4. The van der Waals surface area contributed by atoms with Crippen molar-refractivity contribution in [3.63, 3.8) is 0 Å². The lowest BCUT2D eigenvalue weighted by Gasteiger charge is -2.22. The van der Waals surface area contributed by atoms with Crippen LogP contribution in [0.25, 0.3) is 0 Å². The third-order valence-corrected chi connectivity index (χ3v) is 3.99. The Hall–Kier alpha value is -2.82. The van der Waals surface area contributed by atoms with Gasteiger partial charge in [0.25, 0.3) is 5.91 Å². The molecule has 2 amide bonds. The number of benzene rings is 2. The van der Waals surface area contributed by atoms with Crippen molar-refractivity contribution in [3.8, 4) is 5.75 Å². The highest BCUT2D eigenvalue weighted by Crippen LogP contribution is 2.19. The van der Waals surface area contributed by atoms with Gasteiger partial charge in [0, 0.05) is 5.69 Å². The average molecular weight is 340 g/mol. The molecule has 0 aliphatic heterocycles. The smallest absolute Gasteiger partial charge is 0.255 e. The van der Waals surface area contributed by atoms with Crippen LogP contribution in [0.15, 0.2) is 48.5 Å². The van der Waals surface area contributed by atoms with Crippen molar-refractivity contribution in [2.45, 2.75) is 26.8 Å². The number of amides is 2. The standard InChI is InChI=1S/C20H24N2O3/c1-13(2)18(20(24)21-16-11-7-5-9-14(16)3)22-19(23)15-10-6-8-12-17(15)25-4/h5-13,18H,1-4H3,(H,21,24)(H,22,23). The van der Waals surface area contributed by atoms with Crippen LogP contribution in [0, 0.1) is 12.8 Å². The highest BCUT2D eigenvalue weighted by atomic mass is 16.5. The van der Waals surface area contributed by atoms with Crippen LogP contribution in [-0.4, -0.2) is 25.0 Å². The van der Waals surface area contributed by atoms with Crippen LogP contribution in [0.1, 0.15) is 29.8 Å². The monoisotopic (exact) mass is 340 g/mol. The Labute approximate surface area is 148 Å². The number of ether oxygens (including phenoxy) is 1. The van der Waals surface area contributed by atoms with Crippen LogP contribution in [-0.2, 0) is 4.79 Å². The molecule has 0 spiro atoms. The number of carbonyl (C=O) groups is 2. The Bertz CT molecular complexity index is 756. The molecule has 0 saturated heterocycles. The van der Waals surface area contributed by atoms with E-state index in [1.165, 1.54) is 7.11 Å². The summed E-state index contributed by atoms with van der Waals surface area (Å²) in [5.74, 6) is -0.173. The van der Waals surface area contributed by atoms with Crippen LogP contribution in [0.5, 0.6) is 5.75 Å². The fraction of sp³-hybridized carbons (Fsp3) is 0.300. The lowest BCUT2D eigenvalue weighted by atomic mass is 10.0. The van der Waals surface area contributed by atoms with E-state index in [0.29, 0.717) is 11.3 Å². The van der Waals surface area contributed by atoms with E-state index in [1.54, 1.807) is 24.3 Å². The number of para-hydroxylation sites is 2. The summed E-state index contributed by atoms with van der Waals surface area (Å²) in [5, 5.41) is 5.71. The first-order valence-electron chi connectivity index (χ1n) is 8.24. The topological polar surface area (TPSA) is 67.4 Å². The van der Waals surface area contributed by atoms with Gasteiger partial charge in [-0.3, -0.25) is 9.59 Å². The van der Waals surface area contributed by atoms with Crippen LogP contribution < -0.4 is 15.4 Å². The third kappa shape index (κ3) is 4.59. The molecule has 0 fully saturated rings. The molecule has 1 unspecified atom stereocenters. The predicted molar refractivity (Wildman–Crippen MR) is 98.9 cm³/mol. The molecule has 0 bridgehead atoms. The molecular weight excluding hydrogens is 316 g/mol. The summed E-state index contributed by atoms with van der Waals surface area (Å²) in [5.41, 5.74) is 2.11. The van der Waals surface area contributed by atoms with E-state index in [2.05, 4.69) is 10.6 Å². The van der Waals surface area contributed by atoms with Crippen molar-refractivity contribution < 1.29 is 14.3 Å². The third-order valence-electron chi connectivity index (χ3n) is 3.99.